The van der Waals surface area contributed by atoms with E-state index in [1.54, 1.807) is 0 Å². The van der Waals surface area contributed by atoms with Gasteiger partial charge in [-0.3, -0.25) is 4.79 Å². The Labute approximate surface area is 70.6 Å². The zero-order valence-electron chi connectivity index (χ0n) is 6.55. The maximum absolute atomic E-state index is 11.6. The van der Waals surface area contributed by atoms with Gasteiger partial charge in [-0.25, -0.2) is 0 Å². The third-order valence-electron chi connectivity index (χ3n) is 3.36. The van der Waals surface area contributed by atoms with Crippen LogP contribution in [0.4, 0.5) is 0 Å². The second kappa shape index (κ2) is 1.88. The van der Waals surface area contributed by atoms with Crippen LogP contribution in [0.2, 0.25) is 0 Å². The molecule has 4 atom stereocenters. The summed E-state index contributed by atoms with van der Waals surface area (Å²) < 4.78 is 0. The molecule has 4 unspecified atom stereocenters. The highest BCUT2D eigenvalue weighted by molar-refractivity contribution is 5.92. The fourth-order valence-electron chi connectivity index (χ4n) is 2.69. The molecule has 2 nitrogen and oxygen atoms in total. The first-order valence-corrected chi connectivity index (χ1v) is 4.37. The molecule has 1 N–H and O–H groups in total. The van der Waals surface area contributed by atoms with Crippen LogP contribution in [0.15, 0.2) is 24.3 Å². The summed E-state index contributed by atoms with van der Waals surface area (Å²) in [6.45, 7) is 0. The minimum Gasteiger partial charge on any atom is -0.392 e. The summed E-state index contributed by atoms with van der Waals surface area (Å²) in [4.78, 5) is 11.6. The summed E-state index contributed by atoms with van der Waals surface area (Å²) in [5, 5.41) is 9.75. The van der Waals surface area contributed by atoms with Crippen molar-refractivity contribution in [2.75, 3.05) is 0 Å². The van der Waals surface area contributed by atoms with E-state index in [1.807, 2.05) is 24.3 Å². The highest BCUT2D eigenvalue weighted by atomic mass is 16.3. The minimum atomic E-state index is -0.312. The van der Waals surface area contributed by atoms with Crippen LogP contribution in [-0.4, -0.2) is 17.0 Å². The predicted molar refractivity (Wildman–Crippen MR) is 43.3 cm³/mol. The van der Waals surface area contributed by atoms with Gasteiger partial charge in [-0.1, -0.05) is 24.3 Å². The zero-order valence-corrected chi connectivity index (χ0v) is 6.55. The molecule has 62 valence electrons. The lowest BCUT2D eigenvalue weighted by Gasteiger charge is -2.31. The minimum absolute atomic E-state index is 0.0278. The molecule has 0 amide bonds. The van der Waals surface area contributed by atoms with Crippen LogP contribution < -0.4 is 0 Å². The molecule has 3 aliphatic carbocycles. The Morgan fingerprint density at radius 2 is 1.50 bits per heavy atom. The van der Waals surface area contributed by atoms with E-state index in [0.29, 0.717) is 5.78 Å². The largest absolute Gasteiger partial charge is 0.392 e. The number of aliphatic hydroxyl groups is 1. The molecule has 1 saturated carbocycles. The summed E-state index contributed by atoms with van der Waals surface area (Å²) >= 11 is 0. The molecule has 0 aromatic carbocycles. The van der Waals surface area contributed by atoms with E-state index in [-0.39, 0.29) is 29.8 Å². The van der Waals surface area contributed by atoms with E-state index in [1.165, 1.54) is 0 Å². The summed E-state index contributed by atoms with van der Waals surface area (Å²) in [5.41, 5.74) is 0. The number of Topliss-reactive ketones (excluding diaryl/α,β-unsaturated/α-hetero) is 1. The molecule has 2 heteroatoms. The van der Waals surface area contributed by atoms with Crippen LogP contribution in [-0.2, 0) is 4.79 Å². The van der Waals surface area contributed by atoms with Crippen LogP contribution in [0.5, 0.6) is 0 Å². The molecule has 0 radical (unpaired) electrons. The van der Waals surface area contributed by atoms with Crippen LogP contribution in [0.3, 0.4) is 0 Å². The van der Waals surface area contributed by atoms with Gasteiger partial charge < -0.3 is 5.11 Å². The van der Waals surface area contributed by atoms with Gasteiger partial charge in [0.2, 0.25) is 0 Å². The standard InChI is InChI=1S/C10H10O2/c11-9-5-1-2-6(9)8-4-3-7(5)10(8)12/h1-9,11H. The van der Waals surface area contributed by atoms with E-state index in [2.05, 4.69) is 0 Å². The van der Waals surface area contributed by atoms with Gasteiger partial charge in [-0.2, -0.15) is 0 Å². The van der Waals surface area contributed by atoms with E-state index < -0.39 is 0 Å². The highest BCUT2D eigenvalue weighted by Crippen LogP contribution is 2.46. The Balaban J connectivity index is 2.13. The Kier molecular flexibility index (Phi) is 1.04. The Bertz CT molecular complexity index is 277. The number of hydrogen-bond donors (Lipinski definition) is 1. The molecule has 3 aliphatic rings. The number of carbonyl (C=O) groups is 1. The third-order valence-corrected chi connectivity index (χ3v) is 3.36. The van der Waals surface area contributed by atoms with Gasteiger partial charge in [0, 0.05) is 23.7 Å². The molecular formula is C10H10O2. The molecule has 0 aromatic rings. The van der Waals surface area contributed by atoms with Crippen molar-refractivity contribution in [1.82, 2.24) is 0 Å². The van der Waals surface area contributed by atoms with E-state index in [9.17, 15) is 9.90 Å². The number of rotatable bonds is 0. The number of fused-ring (bicyclic) bond motifs is 6. The second-order valence-corrected chi connectivity index (χ2v) is 3.87. The molecule has 12 heavy (non-hydrogen) atoms. The number of aliphatic hydroxyl groups excluding tert-OH is 1. The lowest BCUT2D eigenvalue weighted by Crippen LogP contribution is -2.41. The number of hydrogen-bond acceptors (Lipinski definition) is 2. The molecule has 1 fully saturated rings. The molecule has 4 bridgehead atoms. The maximum atomic E-state index is 11.6. The number of allylic oxidation sites excluding steroid dienone is 2. The van der Waals surface area contributed by atoms with Gasteiger partial charge in [-0.05, 0) is 0 Å². The van der Waals surface area contributed by atoms with Crippen molar-refractivity contribution in [2.45, 2.75) is 6.10 Å². The van der Waals surface area contributed by atoms with Crippen molar-refractivity contribution in [1.29, 1.82) is 0 Å². The molecule has 0 spiro atoms. The van der Waals surface area contributed by atoms with Gasteiger partial charge in [0.1, 0.15) is 5.78 Å². The van der Waals surface area contributed by atoms with Gasteiger partial charge in [0.25, 0.3) is 0 Å². The van der Waals surface area contributed by atoms with Gasteiger partial charge in [0.05, 0.1) is 6.10 Å². The highest BCUT2D eigenvalue weighted by Gasteiger charge is 2.51. The second-order valence-electron chi connectivity index (χ2n) is 3.87. The van der Waals surface area contributed by atoms with Crippen molar-refractivity contribution in [2.24, 2.45) is 23.7 Å². The maximum Gasteiger partial charge on any atom is 0.147 e. The smallest absolute Gasteiger partial charge is 0.147 e. The first-order chi connectivity index (χ1) is 5.79. The fourth-order valence-corrected chi connectivity index (χ4v) is 2.69. The summed E-state index contributed by atoms with van der Waals surface area (Å²) in [6.07, 6.45) is 7.62. The van der Waals surface area contributed by atoms with Crippen molar-refractivity contribution in [3.63, 3.8) is 0 Å². The van der Waals surface area contributed by atoms with Gasteiger partial charge in [0.15, 0.2) is 0 Å². The average molecular weight is 162 g/mol. The van der Waals surface area contributed by atoms with Crippen molar-refractivity contribution in [3.8, 4) is 0 Å². The lowest BCUT2D eigenvalue weighted by atomic mass is 9.74. The topological polar surface area (TPSA) is 37.3 Å². The van der Waals surface area contributed by atoms with Crippen LogP contribution >= 0.6 is 0 Å². The zero-order chi connectivity index (χ0) is 8.29. The average Bonchev–Trinajstić information content (AvgIpc) is 2.41. The molecule has 3 rings (SSSR count). The normalized spacial score (nSPS) is 53.8. The summed E-state index contributed by atoms with van der Waals surface area (Å²) in [6, 6.07) is 0. The van der Waals surface area contributed by atoms with Crippen LogP contribution in [0, 0.1) is 23.7 Å². The van der Waals surface area contributed by atoms with Gasteiger partial charge in [-0.15, -0.1) is 0 Å². The molecule has 0 heterocycles. The summed E-state index contributed by atoms with van der Waals surface area (Å²) in [5.74, 6) is 0.385. The SMILES string of the molecule is O=C1C2C=CC1C1C=CC2C1O. The Hall–Kier alpha value is -0.890. The van der Waals surface area contributed by atoms with E-state index in [4.69, 9.17) is 0 Å². The quantitative estimate of drug-likeness (QED) is 0.528. The van der Waals surface area contributed by atoms with Crippen LogP contribution in [0.25, 0.3) is 0 Å². The number of ketones is 1. The van der Waals surface area contributed by atoms with E-state index >= 15 is 0 Å². The molecule has 0 aromatic heterocycles. The third kappa shape index (κ3) is 0.547. The lowest BCUT2D eigenvalue weighted by molar-refractivity contribution is -0.131. The monoisotopic (exact) mass is 162 g/mol. The Morgan fingerprint density at radius 1 is 1.00 bits per heavy atom. The predicted octanol–water partition coefficient (Wildman–Crippen LogP) is 0.534. The fraction of sp³-hybridized carbons (Fsp3) is 0.500. The Morgan fingerprint density at radius 3 is 2.00 bits per heavy atom. The molecular weight excluding hydrogens is 152 g/mol. The van der Waals surface area contributed by atoms with E-state index in [0.717, 1.165) is 0 Å². The first kappa shape index (κ1) is 6.61. The van der Waals surface area contributed by atoms with Crippen molar-refractivity contribution >= 4 is 5.78 Å². The van der Waals surface area contributed by atoms with Crippen LogP contribution in [0.1, 0.15) is 0 Å². The number of carbonyl (C=O) groups excluding carboxylic acids is 1. The van der Waals surface area contributed by atoms with Crippen molar-refractivity contribution in [3.05, 3.63) is 24.3 Å². The first-order valence-electron chi connectivity index (χ1n) is 4.37. The molecule has 0 aliphatic heterocycles. The van der Waals surface area contributed by atoms with Crippen molar-refractivity contribution < 1.29 is 9.90 Å². The van der Waals surface area contributed by atoms with Gasteiger partial charge >= 0.3 is 0 Å². The molecule has 0 saturated heterocycles. The summed E-state index contributed by atoms with van der Waals surface area (Å²) in [7, 11) is 0.